The fourth-order valence-electron chi connectivity index (χ4n) is 2.77. The van der Waals surface area contributed by atoms with Gasteiger partial charge in [0.2, 0.25) is 0 Å². The lowest BCUT2D eigenvalue weighted by Crippen LogP contribution is -2.18. The van der Waals surface area contributed by atoms with Crippen LogP contribution in [0.25, 0.3) is 0 Å². The van der Waals surface area contributed by atoms with Crippen molar-refractivity contribution >= 4 is 11.4 Å². The van der Waals surface area contributed by atoms with Crippen molar-refractivity contribution in [3.8, 4) is 11.5 Å². The van der Waals surface area contributed by atoms with Crippen LogP contribution in [0.15, 0.2) is 53.6 Å². The Labute approximate surface area is 136 Å². The predicted octanol–water partition coefficient (Wildman–Crippen LogP) is 2.97. The Morgan fingerprint density at radius 3 is 2.48 bits per heavy atom. The van der Waals surface area contributed by atoms with Crippen LogP contribution in [0.1, 0.15) is 18.0 Å². The molecule has 2 N–H and O–H groups in total. The molecule has 1 atom stereocenters. The van der Waals surface area contributed by atoms with Crippen LogP contribution in [0.5, 0.6) is 11.5 Å². The molecule has 5 heteroatoms. The second-order valence-electron chi connectivity index (χ2n) is 5.41. The Kier molecular flexibility index (Phi) is 4.48. The van der Waals surface area contributed by atoms with E-state index in [2.05, 4.69) is 12.1 Å². The molecule has 1 aliphatic heterocycles. The van der Waals surface area contributed by atoms with Crippen molar-refractivity contribution in [2.75, 3.05) is 25.8 Å². The van der Waals surface area contributed by atoms with Gasteiger partial charge in [0.25, 0.3) is 0 Å². The molecule has 0 amide bonds. The summed E-state index contributed by atoms with van der Waals surface area (Å²) < 4.78 is 10.6. The number of hydrogen-bond donors (Lipinski definition) is 1. The number of benzene rings is 2. The van der Waals surface area contributed by atoms with Gasteiger partial charge < -0.3 is 15.2 Å². The van der Waals surface area contributed by atoms with Gasteiger partial charge >= 0.3 is 0 Å². The summed E-state index contributed by atoms with van der Waals surface area (Å²) in [4.78, 5) is 0. The number of ether oxygens (including phenoxy) is 2. The van der Waals surface area contributed by atoms with Crippen LogP contribution in [0.4, 0.5) is 5.69 Å². The Morgan fingerprint density at radius 1 is 1.09 bits per heavy atom. The maximum absolute atomic E-state index is 5.81. The SMILES string of the molecule is COc1ccc(C2CC(CN)=NN2c2cccc(OC)c2)cc1. The number of rotatable bonds is 5. The monoisotopic (exact) mass is 311 g/mol. The van der Waals surface area contributed by atoms with Gasteiger partial charge in [-0.05, 0) is 29.8 Å². The first-order valence-electron chi connectivity index (χ1n) is 7.59. The molecule has 1 aliphatic rings. The molecule has 23 heavy (non-hydrogen) atoms. The third kappa shape index (κ3) is 3.14. The van der Waals surface area contributed by atoms with Crippen molar-refractivity contribution in [1.29, 1.82) is 0 Å². The topological polar surface area (TPSA) is 60.1 Å². The molecule has 120 valence electrons. The summed E-state index contributed by atoms with van der Waals surface area (Å²) in [5.41, 5.74) is 8.98. The summed E-state index contributed by atoms with van der Waals surface area (Å²) in [5.74, 6) is 1.66. The van der Waals surface area contributed by atoms with E-state index in [1.54, 1.807) is 14.2 Å². The average molecular weight is 311 g/mol. The molecule has 0 radical (unpaired) electrons. The molecule has 0 saturated carbocycles. The van der Waals surface area contributed by atoms with Gasteiger partial charge in [-0.25, -0.2) is 0 Å². The third-order valence-corrected chi connectivity index (χ3v) is 4.03. The molecule has 3 rings (SSSR count). The van der Waals surface area contributed by atoms with Crippen LogP contribution in [-0.4, -0.2) is 26.5 Å². The second-order valence-corrected chi connectivity index (χ2v) is 5.41. The van der Waals surface area contributed by atoms with E-state index in [0.717, 1.165) is 29.3 Å². The van der Waals surface area contributed by atoms with Crippen LogP contribution in [-0.2, 0) is 0 Å². The van der Waals surface area contributed by atoms with Gasteiger partial charge in [0, 0.05) is 19.0 Å². The highest BCUT2D eigenvalue weighted by atomic mass is 16.5. The van der Waals surface area contributed by atoms with Crippen molar-refractivity contribution in [2.24, 2.45) is 10.8 Å². The molecule has 1 heterocycles. The second kappa shape index (κ2) is 6.71. The maximum atomic E-state index is 5.81. The van der Waals surface area contributed by atoms with Gasteiger partial charge in [-0.1, -0.05) is 18.2 Å². The largest absolute Gasteiger partial charge is 0.497 e. The van der Waals surface area contributed by atoms with E-state index >= 15 is 0 Å². The molecule has 0 spiro atoms. The van der Waals surface area contributed by atoms with Gasteiger partial charge in [-0.3, -0.25) is 5.01 Å². The third-order valence-electron chi connectivity index (χ3n) is 4.03. The lowest BCUT2D eigenvalue weighted by Gasteiger charge is -2.24. The van der Waals surface area contributed by atoms with E-state index in [4.69, 9.17) is 20.3 Å². The highest BCUT2D eigenvalue weighted by Gasteiger charge is 2.28. The quantitative estimate of drug-likeness (QED) is 0.922. The molecule has 1 unspecified atom stereocenters. The molecule has 2 aromatic rings. The highest BCUT2D eigenvalue weighted by Crippen LogP contribution is 2.36. The first-order valence-corrected chi connectivity index (χ1v) is 7.59. The minimum Gasteiger partial charge on any atom is -0.497 e. The average Bonchev–Trinajstić information content (AvgIpc) is 3.06. The molecule has 5 nitrogen and oxygen atoms in total. The van der Waals surface area contributed by atoms with Crippen LogP contribution in [0.2, 0.25) is 0 Å². The summed E-state index contributed by atoms with van der Waals surface area (Å²) in [7, 11) is 3.33. The highest BCUT2D eigenvalue weighted by molar-refractivity contribution is 5.90. The smallest absolute Gasteiger partial charge is 0.120 e. The first-order chi connectivity index (χ1) is 11.2. The van der Waals surface area contributed by atoms with E-state index in [1.165, 1.54) is 5.56 Å². The number of anilines is 1. The fraction of sp³-hybridized carbons (Fsp3) is 0.278. The number of methoxy groups -OCH3 is 2. The molecule has 0 fully saturated rings. The van der Waals surface area contributed by atoms with E-state index < -0.39 is 0 Å². The summed E-state index contributed by atoms with van der Waals surface area (Å²) in [5, 5.41) is 6.71. The zero-order valence-corrected chi connectivity index (χ0v) is 13.4. The van der Waals surface area contributed by atoms with Gasteiger partial charge in [0.1, 0.15) is 11.5 Å². The lowest BCUT2D eigenvalue weighted by molar-refractivity contribution is 0.414. The van der Waals surface area contributed by atoms with E-state index in [9.17, 15) is 0 Å². The normalized spacial score (nSPS) is 17.1. The van der Waals surface area contributed by atoms with Crippen molar-refractivity contribution in [3.05, 3.63) is 54.1 Å². The van der Waals surface area contributed by atoms with Crippen molar-refractivity contribution in [2.45, 2.75) is 12.5 Å². The number of nitrogens with two attached hydrogens (primary N) is 1. The van der Waals surface area contributed by atoms with Gasteiger partial charge in [0.15, 0.2) is 0 Å². The Bertz CT molecular complexity index is 698. The van der Waals surface area contributed by atoms with Crippen molar-refractivity contribution in [1.82, 2.24) is 0 Å². The van der Waals surface area contributed by atoms with E-state index in [1.807, 2.05) is 41.4 Å². The Balaban J connectivity index is 1.94. The molecular formula is C18H21N3O2. The van der Waals surface area contributed by atoms with E-state index in [-0.39, 0.29) is 6.04 Å². The van der Waals surface area contributed by atoms with Gasteiger partial charge in [-0.15, -0.1) is 0 Å². The van der Waals surface area contributed by atoms with E-state index in [0.29, 0.717) is 6.54 Å². The van der Waals surface area contributed by atoms with Crippen LogP contribution in [0, 0.1) is 0 Å². The molecule has 0 bridgehead atoms. The molecule has 0 saturated heterocycles. The number of hydrazone groups is 1. The number of nitrogens with zero attached hydrogens (tertiary/aromatic N) is 2. The lowest BCUT2D eigenvalue weighted by atomic mass is 10.0. The van der Waals surface area contributed by atoms with Crippen molar-refractivity contribution < 1.29 is 9.47 Å². The summed E-state index contributed by atoms with van der Waals surface area (Å²) in [6.07, 6.45) is 0.819. The fourth-order valence-corrected chi connectivity index (χ4v) is 2.77. The number of hydrogen-bond acceptors (Lipinski definition) is 5. The molecule has 2 aromatic carbocycles. The first kappa shape index (κ1) is 15.4. The Hall–Kier alpha value is -2.53. The van der Waals surface area contributed by atoms with Crippen molar-refractivity contribution in [3.63, 3.8) is 0 Å². The predicted molar refractivity (Wildman–Crippen MR) is 92.3 cm³/mol. The van der Waals surface area contributed by atoms with Gasteiger partial charge in [0.05, 0.1) is 31.7 Å². The zero-order chi connectivity index (χ0) is 16.2. The van der Waals surface area contributed by atoms with Crippen LogP contribution in [0.3, 0.4) is 0 Å². The summed E-state index contributed by atoms with van der Waals surface area (Å²) in [6.45, 7) is 0.465. The molecule has 0 aliphatic carbocycles. The molecular weight excluding hydrogens is 290 g/mol. The minimum absolute atomic E-state index is 0.131. The molecule has 0 aromatic heterocycles. The summed E-state index contributed by atoms with van der Waals surface area (Å²) in [6, 6.07) is 16.1. The standard InChI is InChI=1S/C18H21N3O2/c1-22-16-8-6-13(7-9-16)18-10-14(12-19)20-21(18)15-4-3-5-17(11-15)23-2/h3-9,11,18H,10,12,19H2,1-2H3. The van der Waals surface area contributed by atoms with Gasteiger partial charge in [-0.2, -0.15) is 5.10 Å². The zero-order valence-electron chi connectivity index (χ0n) is 13.4. The maximum Gasteiger partial charge on any atom is 0.120 e. The Morgan fingerprint density at radius 2 is 1.83 bits per heavy atom. The van der Waals surface area contributed by atoms with Crippen LogP contribution >= 0.6 is 0 Å². The van der Waals surface area contributed by atoms with Crippen LogP contribution < -0.4 is 20.2 Å². The summed E-state index contributed by atoms with van der Waals surface area (Å²) >= 11 is 0. The minimum atomic E-state index is 0.131.